The predicted octanol–water partition coefficient (Wildman–Crippen LogP) is 1.16. The Bertz CT molecular complexity index is 578. The van der Waals surface area contributed by atoms with Gasteiger partial charge in [-0.1, -0.05) is 13.0 Å². The molecular formula is C13H22N2O6S. The topological polar surface area (TPSA) is 139 Å². The molecule has 126 valence electrons. The van der Waals surface area contributed by atoms with Gasteiger partial charge < -0.3 is 15.8 Å². The Morgan fingerprint density at radius 2 is 1.91 bits per heavy atom. The SMILES string of the molecule is CCNC(C)(C)COC(=O)c1cccc(N)c1.O=S(=O)(O)O. The molecule has 0 bridgehead atoms. The van der Waals surface area contributed by atoms with Crippen molar-refractivity contribution in [2.24, 2.45) is 0 Å². The first-order chi connectivity index (χ1) is 9.94. The molecule has 0 aliphatic carbocycles. The normalized spacial score (nSPS) is 11.3. The number of carbonyl (C=O) groups excluding carboxylic acids is 1. The predicted molar refractivity (Wildman–Crippen MR) is 83.1 cm³/mol. The van der Waals surface area contributed by atoms with Gasteiger partial charge >= 0.3 is 16.4 Å². The molecule has 1 aromatic carbocycles. The van der Waals surface area contributed by atoms with Gasteiger partial charge in [0.1, 0.15) is 6.61 Å². The standard InChI is InChI=1S/C13H20N2O2.H2O4S/c1-4-15-13(2,3)9-17-12(16)10-6-5-7-11(14)8-10;1-5(2,3)4/h5-8,15H,4,9,14H2,1-3H3;(H2,1,2,3,4). The van der Waals surface area contributed by atoms with Gasteiger partial charge in [-0.15, -0.1) is 0 Å². The molecule has 0 unspecified atom stereocenters. The van der Waals surface area contributed by atoms with E-state index in [0.29, 0.717) is 17.9 Å². The van der Waals surface area contributed by atoms with E-state index in [2.05, 4.69) is 5.32 Å². The Labute approximate surface area is 130 Å². The molecule has 0 aliphatic heterocycles. The number of esters is 1. The maximum absolute atomic E-state index is 11.7. The molecule has 0 aromatic heterocycles. The lowest BCUT2D eigenvalue weighted by Crippen LogP contribution is -2.43. The van der Waals surface area contributed by atoms with Crippen molar-refractivity contribution in [1.29, 1.82) is 0 Å². The molecular weight excluding hydrogens is 312 g/mol. The summed E-state index contributed by atoms with van der Waals surface area (Å²) in [6.07, 6.45) is 0. The number of benzene rings is 1. The number of nitrogens with two attached hydrogens (primary N) is 1. The van der Waals surface area contributed by atoms with Gasteiger partial charge in [-0.25, -0.2) is 4.79 Å². The summed E-state index contributed by atoms with van der Waals surface area (Å²) in [7, 11) is -4.67. The van der Waals surface area contributed by atoms with Crippen molar-refractivity contribution < 1.29 is 27.1 Å². The summed E-state index contributed by atoms with van der Waals surface area (Å²) < 4.78 is 36.8. The van der Waals surface area contributed by atoms with Crippen LogP contribution in [0.25, 0.3) is 0 Å². The molecule has 0 aliphatic rings. The fraction of sp³-hybridized carbons (Fsp3) is 0.462. The van der Waals surface area contributed by atoms with Crippen molar-refractivity contribution in [2.45, 2.75) is 26.3 Å². The summed E-state index contributed by atoms with van der Waals surface area (Å²) in [6, 6.07) is 6.78. The second-order valence-electron chi connectivity index (χ2n) is 5.06. The van der Waals surface area contributed by atoms with Gasteiger partial charge in [-0.2, -0.15) is 8.42 Å². The number of hydrogen-bond donors (Lipinski definition) is 4. The highest BCUT2D eigenvalue weighted by Gasteiger charge is 2.19. The lowest BCUT2D eigenvalue weighted by atomic mass is 10.1. The Morgan fingerprint density at radius 1 is 1.36 bits per heavy atom. The van der Waals surface area contributed by atoms with E-state index in [9.17, 15) is 4.79 Å². The zero-order valence-corrected chi connectivity index (χ0v) is 13.6. The van der Waals surface area contributed by atoms with E-state index in [1.165, 1.54) is 0 Å². The molecule has 1 aromatic rings. The average molecular weight is 334 g/mol. The van der Waals surface area contributed by atoms with Crippen molar-refractivity contribution in [3.05, 3.63) is 29.8 Å². The Kier molecular flexibility index (Phi) is 8.02. The van der Waals surface area contributed by atoms with E-state index in [-0.39, 0.29) is 11.5 Å². The number of anilines is 1. The molecule has 0 saturated carbocycles. The van der Waals surface area contributed by atoms with Gasteiger partial charge in [0.2, 0.25) is 0 Å². The molecule has 0 atom stereocenters. The van der Waals surface area contributed by atoms with E-state index in [4.69, 9.17) is 28.0 Å². The molecule has 0 radical (unpaired) electrons. The first kappa shape index (κ1) is 20.3. The summed E-state index contributed by atoms with van der Waals surface area (Å²) in [5, 5.41) is 3.24. The maximum Gasteiger partial charge on any atom is 0.394 e. The van der Waals surface area contributed by atoms with Crippen LogP contribution in [0.1, 0.15) is 31.1 Å². The zero-order chi connectivity index (χ0) is 17.4. The fourth-order valence-corrected chi connectivity index (χ4v) is 1.52. The van der Waals surface area contributed by atoms with Crippen molar-refractivity contribution in [3.8, 4) is 0 Å². The largest absolute Gasteiger partial charge is 0.460 e. The van der Waals surface area contributed by atoms with Gasteiger partial charge in [-0.3, -0.25) is 9.11 Å². The van der Waals surface area contributed by atoms with Gasteiger partial charge in [0.05, 0.1) is 5.56 Å². The van der Waals surface area contributed by atoms with Crippen molar-refractivity contribution in [1.82, 2.24) is 5.32 Å². The molecule has 0 spiro atoms. The molecule has 22 heavy (non-hydrogen) atoms. The molecule has 1 rings (SSSR count). The summed E-state index contributed by atoms with van der Waals surface area (Å²) in [6.45, 7) is 7.16. The van der Waals surface area contributed by atoms with Crippen molar-refractivity contribution >= 4 is 22.1 Å². The fourth-order valence-electron chi connectivity index (χ4n) is 1.52. The van der Waals surface area contributed by atoms with Crippen LogP contribution in [-0.4, -0.2) is 42.2 Å². The van der Waals surface area contributed by atoms with Gasteiger partial charge in [0.25, 0.3) is 0 Å². The average Bonchev–Trinajstić information content (AvgIpc) is 2.34. The number of nitrogens with one attached hydrogen (secondary N) is 1. The minimum absolute atomic E-state index is 0.218. The van der Waals surface area contributed by atoms with E-state index in [1.807, 2.05) is 20.8 Å². The third kappa shape index (κ3) is 11.0. The lowest BCUT2D eigenvalue weighted by Gasteiger charge is -2.25. The highest BCUT2D eigenvalue weighted by molar-refractivity contribution is 7.79. The summed E-state index contributed by atoms with van der Waals surface area (Å²) in [4.78, 5) is 11.7. The quantitative estimate of drug-likeness (QED) is 0.357. The van der Waals surface area contributed by atoms with Gasteiger partial charge in [-0.05, 0) is 38.6 Å². The number of hydrogen-bond acceptors (Lipinski definition) is 6. The smallest absolute Gasteiger partial charge is 0.394 e. The second-order valence-corrected chi connectivity index (χ2v) is 5.96. The van der Waals surface area contributed by atoms with Crippen LogP contribution < -0.4 is 11.1 Å². The number of carbonyl (C=O) groups is 1. The van der Waals surface area contributed by atoms with E-state index >= 15 is 0 Å². The number of rotatable bonds is 5. The highest BCUT2D eigenvalue weighted by atomic mass is 32.3. The summed E-state index contributed by atoms with van der Waals surface area (Å²) in [5.74, 6) is -0.344. The minimum atomic E-state index is -4.67. The molecule has 5 N–H and O–H groups in total. The molecule has 8 nitrogen and oxygen atoms in total. The summed E-state index contributed by atoms with van der Waals surface area (Å²) in [5.41, 5.74) is 6.43. The monoisotopic (exact) mass is 334 g/mol. The number of ether oxygens (including phenoxy) is 1. The number of nitrogen functional groups attached to an aromatic ring is 1. The van der Waals surface area contributed by atoms with Gasteiger partial charge in [0, 0.05) is 11.2 Å². The van der Waals surface area contributed by atoms with Crippen LogP contribution in [0.2, 0.25) is 0 Å². The molecule has 0 amide bonds. The third-order valence-corrected chi connectivity index (χ3v) is 2.34. The Morgan fingerprint density at radius 3 is 2.36 bits per heavy atom. The van der Waals surface area contributed by atoms with Crippen molar-refractivity contribution in [3.63, 3.8) is 0 Å². The number of likely N-dealkylation sites (N-methyl/N-ethyl adjacent to an activating group) is 1. The van der Waals surface area contributed by atoms with Crippen LogP contribution in [0.3, 0.4) is 0 Å². The van der Waals surface area contributed by atoms with Crippen molar-refractivity contribution in [2.75, 3.05) is 18.9 Å². The highest BCUT2D eigenvalue weighted by Crippen LogP contribution is 2.10. The van der Waals surface area contributed by atoms with Crippen LogP contribution in [0, 0.1) is 0 Å². The van der Waals surface area contributed by atoms with Crippen LogP contribution >= 0.6 is 0 Å². The van der Waals surface area contributed by atoms with Crippen LogP contribution in [0.4, 0.5) is 5.69 Å². The molecule has 9 heteroatoms. The first-order valence-corrected chi connectivity index (χ1v) is 7.82. The van der Waals surface area contributed by atoms with E-state index in [0.717, 1.165) is 6.54 Å². The third-order valence-electron chi connectivity index (χ3n) is 2.34. The van der Waals surface area contributed by atoms with E-state index < -0.39 is 10.4 Å². The lowest BCUT2D eigenvalue weighted by molar-refractivity contribution is 0.0402. The second kappa shape index (κ2) is 8.69. The Hall–Kier alpha value is -1.68. The first-order valence-electron chi connectivity index (χ1n) is 6.42. The van der Waals surface area contributed by atoms with E-state index in [1.54, 1.807) is 24.3 Å². The van der Waals surface area contributed by atoms with Crippen LogP contribution in [0.5, 0.6) is 0 Å². The maximum atomic E-state index is 11.7. The van der Waals surface area contributed by atoms with Crippen LogP contribution in [0.15, 0.2) is 24.3 Å². The zero-order valence-electron chi connectivity index (χ0n) is 12.7. The molecule has 0 fully saturated rings. The summed E-state index contributed by atoms with van der Waals surface area (Å²) >= 11 is 0. The van der Waals surface area contributed by atoms with Crippen LogP contribution in [-0.2, 0) is 15.1 Å². The molecule has 0 heterocycles. The van der Waals surface area contributed by atoms with Gasteiger partial charge in [0.15, 0.2) is 0 Å². The molecule has 0 saturated heterocycles. The minimum Gasteiger partial charge on any atom is -0.460 e. The Balaban J connectivity index is 0.000000763.